The van der Waals surface area contributed by atoms with Gasteiger partial charge in [0.1, 0.15) is 0 Å². The lowest BCUT2D eigenvalue weighted by Gasteiger charge is -2.37. The van der Waals surface area contributed by atoms with Crippen molar-refractivity contribution in [3.8, 4) is 0 Å². The zero-order valence-corrected chi connectivity index (χ0v) is 11.4. The molecule has 1 nitrogen and oxygen atoms in total. The van der Waals surface area contributed by atoms with Gasteiger partial charge in [-0.2, -0.15) is 0 Å². The van der Waals surface area contributed by atoms with Gasteiger partial charge in [0.15, 0.2) is 0 Å². The molecule has 17 heavy (non-hydrogen) atoms. The summed E-state index contributed by atoms with van der Waals surface area (Å²) in [6.45, 7) is 6.94. The van der Waals surface area contributed by atoms with Crippen LogP contribution in [0.25, 0.3) is 0 Å². The van der Waals surface area contributed by atoms with Gasteiger partial charge >= 0.3 is 0 Å². The second-order valence-electron chi connectivity index (χ2n) is 6.30. The molecule has 0 atom stereocenters. The molecular weight excluding hydrogens is 208 g/mol. The molecule has 0 aromatic rings. The van der Waals surface area contributed by atoms with Crippen molar-refractivity contribution in [2.75, 3.05) is 6.61 Å². The van der Waals surface area contributed by atoms with Gasteiger partial charge in [-0.3, -0.25) is 0 Å². The highest BCUT2D eigenvalue weighted by atomic mass is 16.5. The van der Waals surface area contributed by atoms with E-state index in [0.717, 1.165) is 30.3 Å². The van der Waals surface area contributed by atoms with Gasteiger partial charge in [-0.15, -0.1) is 0 Å². The average Bonchev–Trinajstić information content (AvgIpc) is 2.38. The number of rotatable bonds is 4. The van der Waals surface area contributed by atoms with Gasteiger partial charge in [0, 0.05) is 0 Å². The second-order valence-corrected chi connectivity index (χ2v) is 6.30. The summed E-state index contributed by atoms with van der Waals surface area (Å²) < 4.78 is 5.33. The molecule has 98 valence electrons. The molecule has 0 aromatic carbocycles. The summed E-state index contributed by atoms with van der Waals surface area (Å²) in [4.78, 5) is 0. The van der Waals surface area contributed by atoms with Crippen LogP contribution in [0.5, 0.6) is 0 Å². The van der Waals surface area contributed by atoms with Gasteiger partial charge in [0.25, 0.3) is 0 Å². The lowest BCUT2D eigenvalue weighted by Crippen LogP contribution is -2.26. The Hall–Kier alpha value is -0.460. The number of hydrogen-bond acceptors (Lipinski definition) is 1. The van der Waals surface area contributed by atoms with Gasteiger partial charge in [-0.1, -0.05) is 26.3 Å². The van der Waals surface area contributed by atoms with E-state index in [4.69, 9.17) is 4.74 Å². The average molecular weight is 236 g/mol. The normalized spacial score (nSPS) is 38.6. The minimum Gasteiger partial charge on any atom is -0.502 e. The topological polar surface area (TPSA) is 9.23 Å². The van der Waals surface area contributed by atoms with E-state index in [0.29, 0.717) is 0 Å². The zero-order valence-electron chi connectivity index (χ0n) is 11.4. The van der Waals surface area contributed by atoms with E-state index in [1.54, 1.807) is 6.26 Å². The van der Waals surface area contributed by atoms with Crippen LogP contribution in [0.4, 0.5) is 0 Å². The zero-order chi connectivity index (χ0) is 12.1. The van der Waals surface area contributed by atoms with Gasteiger partial charge in [0.2, 0.25) is 0 Å². The molecule has 0 unspecified atom stereocenters. The number of hydrogen-bond donors (Lipinski definition) is 0. The van der Waals surface area contributed by atoms with Crippen LogP contribution < -0.4 is 0 Å². The fourth-order valence-electron chi connectivity index (χ4n) is 3.79. The van der Waals surface area contributed by atoms with E-state index in [1.165, 1.54) is 51.4 Å². The Kier molecular flexibility index (Phi) is 4.94. The fourth-order valence-corrected chi connectivity index (χ4v) is 3.79. The Bertz CT molecular complexity index is 220. The van der Waals surface area contributed by atoms with Crippen LogP contribution in [-0.4, -0.2) is 6.61 Å². The molecule has 0 saturated heterocycles. The third-order valence-corrected chi connectivity index (χ3v) is 5.07. The van der Waals surface area contributed by atoms with Crippen LogP contribution in [0.2, 0.25) is 0 Å². The van der Waals surface area contributed by atoms with Crippen molar-refractivity contribution in [3.63, 3.8) is 0 Å². The molecule has 0 heterocycles. The van der Waals surface area contributed by atoms with Crippen LogP contribution in [0.15, 0.2) is 12.8 Å². The van der Waals surface area contributed by atoms with Crippen molar-refractivity contribution in [2.24, 2.45) is 23.7 Å². The first kappa shape index (κ1) is 13.0. The standard InChI is InChI=1S/C16H28O/c1-3-17-12-14-6-10-16(11-7-14)15-8-4-13(2)5-9-15/h3,13-16H,1,4-12H2,2H3. The predicted molar refractivity (Wildman–Crippen MR) is 72.7 cm³/mol. The molecule has 2 rings (SSSR count). The van der Waals surface area contributed by atoms with Crippen molar-refractivity contribution in [1.29, 1.82) is 0 Å². The minimum absolute atomic E-state index is 0.798. The fraction of sp³-hybridized carbons (Fsp3) is 0.875. The van der Waals surface area contributed by atoms with Gasteiger partial charge in [-0.25, -0.2) is 0 Å². The summed E-state index contributed by atoms with van der Waals surface area (Å²) in [6.07, 6.45) is 13.2. The smallest absolute Gasteiger partial charge is 0.0901 e. The lowest BCUT2D eigenvalue weighted by atomic mass is 9.69. The van der Waals surface area contributed by atoms with Crippen LogP contribution in [0.1, 0.15) is 58.3 Å². The first-order chi connectivity index (χ1) is 8.29. The molecular formula is C16H28O. The molecule has 2 saturated carbocycles. The van der Waals surface area contributed by atoms with Crippen molar-refractivity contribution in [2.45, 2.75) is 58.3 Å². The quantitative estimate of drug-likeness (QED) is 0.638. The maximum atomic E-state index is 5.33. The molecule has 0 radical (unpaired) electrons. The highest BCUT2D eigenvalue weighted by Crippen LogP contribution is 2.41. The largest absolute Gasteiger partial charge is 0.502 e. The molecule has 0 spiro atoms. The molecule has 2 aliphatic carbocycles. The van der Waals surface area contributed by atoms with E-state index < -0.39 is 0 Å². The van der Waals surface area contributed by atoms with E-state index in [2.05, 4.69) is 13.5 Å². The summed E-state index contributed by atoms with van der Waals surface area (Å²) in [7, 11) is 0. The Morgan fingerprint density at radius 1 is 0.941 bits per heavy atom. The lowest BCUT2D eigenvalue weighted by molar-refractivity contribution is 0.111. The number of ether oxygens (including phenoxy) is 1. The summed E-state index contributed by atoms with van der Waals surface area (Å²) >= 11 is 0. The van der Waals surface area contributed by atoms with Gasteiger partial charge < -0.3 is 4.74 Å². The maximum Gasteiger partial charge on any atom is 0.0901 e. The molecule has 0 aliphatic heterocycles. The summed E-state index contributed by atoms with van der Waals surface area (Å²) in [5.74, 6) is 3.87. The van der Waals surface area contributed by atoms with Gasteiger partial charge in [0.05, 0.1) is 12.9 Å². The van der Waals surface area contributed by atoms with Gasteiger partial charge in [-0.05, 0) is 62.2 Å². The van der Waals surface area contributed by atoms with Crippen molar-refractivity contribution in [1.82, 2.24) is 0 Å². The Morgan fingerprint density at radius 3 is 2.00 bits per heavy atom. The maximum absolute atomic E-state index is 5.33. The Labute approximate surface area is 107 Å². The van der Waals surface area contributed by atoms with E-state index in [1.807, 2.05) is 0 Å². The van der Waals surface area contributed by atoms with Crippen LogP contribution in [-0.2, 0) is 4.74 Å². The minimum atomic E-state index is 0.798. The van der Waals surface area contributed by atoms with Crippen LogP contribution in [0, 0.1) is 23.7 Å². The first-order valence-corrected chi connectivity index (χ1v) is 7.52. The summed E-state index contributed by atoms with van der Waals surface area (Å²) in [5, 5.41) is 0. The molecule has 0 bridgehead atoms. The SMILES string of the molecule is C=COCC1CCC(C2CCC(C)CC2)CC1. The molecule has 1 heteroatoms. The molecule has 2 fully saturated rings. The third kappa shape index (κ3) is 3.76. The molecule has 0 N–H and O–H groups in total. The predicted octanol–water partition coefficient (Wildman–Crippen LogP) is 4.78. The monoisotopic (exact) mass is 236 g/mol. The highest BCUT2D eigenvalue weighted by molar-refractivity contribution is 4.81. The first-order valence-electron chi connectivity index (χ1n) is 7.52. The molecule has 0 aromatic heterocycles. The highest BCUT2D eigenvalue weighted by Gasteiger charge is 2.29. The van der Waals surface area contributed by atoms with E-state index in [9.17, 15) is 0 Å². The van der Waals surface area contributed by atoms with Crippen molar-refractivity contribution in [3.05, 3.63) is 12.8 Å². The van der Waals surface area contributed by atoms with Crippen molar-refractivity contribution < 1.29 is 4.74 Å². The van der Waals surface area contributed by atoms with Crippen LogP contribution in [0.3, 0.4) is 0 Å². The second kappa shape index (κ2) is 6.47. The Balaban J connectivity index is 1.69. The molecule has 0 amide bonds. The van der Waals surface area contributed by atoms with E-state index >= 15 is 0 Å². The van der Waals surface area contributed by atoms with Crippen LogP contribution >= 0.6 is 0 Å². The Morgan fingerprint density at radius 2 is 1.47 bits per heavy atom. The summed E-state index contributed by atoms with van der Waals surface area (Å²) in [5.41, 5.74) is 0. The summed E-state index contributed by atoms with van der Waals surface area (Å²) in [6, 6.07) is 0. The van der Waals surface area contributed by atoms with E-state index in [-0.39, 0.29) is 0 Å². The van der Waals surface area contributed by atoms with Crippen molar-refractivity contribution >= 4 is 0 Å². The molecule has 2 aliphatic rings. The third-order valence-electron chi connectivity index (χ3n) is 5.07.